The summed E-state index contributed by atoms with van der Waals surface area (Å²) in [5.74, 6) is -1.68. The first kappa shape index (κ1) is 10.3. The van der Waals surface area contributed by atoms with E-state index in [-0.39, 0.29) is 11.3 Å². The third-order valence-corrected chi connectivity index (χ3v) is 2.11. The van der Waals surface area contributed by atoms with Gasteiger partial charge in [0, 0.05) is 11.3 Å². The topological polar surface area (TPSA) is 26.0 Å². The number of hydrogen-bond acceptors (Lipinski definition) is 2. The molecule has 1 aromatic carbocycles. The molecule has 2 N–H and O–H groups in total. The SMILES string of the molecule is N/C(=C\S)c1ccc(F)c(Cl)c1F. The maximum atomic E-state index is 13.2. The van der Waals surface area contributed by atoms with Crippen LogP contribution < -0.4 is 5.73 Å². The second-order valence-electron chi connectivity index (χ2n) is 2.31. The molecule has 0 radical (unpaired) electrons. The minimum Gasteiger partial charge on any atom is -0.398 e. The van der Waals surface area contributed by atoms with E-state index in [0.717, 1.165) is 6.07 Å². The van der Waals surface area contributed by atoms with Crippen LogP contribution in [0.3, 0.4) is 0 Å². The zero-order valence-electron chi connectivity index (χ0n) is 6.39. The van der Waals surface area contributed by atoms with Crippen molar-refractivity contribution < 1.29 is 8.78 Å². The van der Waals surface area contributed by atoms with Crippen LogP contribution in [-0.2, 0) is 0 Å². The van der Waals surface area contributed by atoms with Crippen LogP contribution in [0.4, 0.5) is 8.78 Å². The van der Waals surface area contributed by atoms with Crippen molar-refractivity contribution in [1.82, 2.24) is 0 Å². The zero-order valence-corrected chi connectivity index (χ0v) is 8.04. The summed E-state index contributed by atoms with van der Waals surface area (Å²) in [6.07, 6.45) is 0. The third-order valence-electron chi connectivity index (χ3n) is 1.49. The molecule has 1 rings (SSSR count). The van der Waals surface area contributed by atoms with Gasteiger partial charge in [0.15, 0.2) is 5.82 Å². The molecule has 0 aliphatic heterocycles. The van der Waals surface area contributed by atoms with Crippen LogP contribution in [0.15, 0.2) is 17.5 Å². The van der Waals surface area contributed by atoms with Crippen molar-refractivity contribution in [3.05, 3.63) is 39.8 Å². The van der Waals surface area contributed by atoms with Gasteiger partial charge in [-0.15, -0.1) is 12.6 Å². The first-order valence-electron chi connectivity index (χ1n) is 3.31. The van der Waals surface area contributed by atoms with E-state index in [9.17, 15) is 8.78 Å². The quantitative estimate of drug-likeness (QED) is 0.554. The molecule has 0 spiro atoms. The molecular formula is C8H6ClF2NS. The highest BCUT2D eigenvalue weighted by molar-refractivity contribution is 7.83. The van der Waals surface area contributed by atoms with Gasteiger partial charge in [-0.25, -0.2) is 8.78 Å². The van der Waals surface area contributed by atoms with Crippen molar-refractivity contribution in [2.45, 2.75) is 0 Å². The Kier molecular flexibility index (Phi) is 3.17. The minimum absolute atomic E-state index is 0.0430. The summed E-state index contributed by atoms with van der Waals surface area (Å²) in [6.45, 7) is 0. The Balaban J connectivity index is 3.34. The second kappa shape index (κ2) is 3.98. The number of thiol groups is 1. The smallest absolute Gasteiger partial charge is 0.154 e. The number of halogens is 3. The van der Waals surface area contributed by atoms with Crippen LogP contribution in [0.25, 0.3) is 5.70 Å². The fourth-order valence-electron chi connectivity index (χ4n) is 0.818. The molecule has 0 aromatic heterocycles. The molecule has 0 saturated carbocycles. The Bertz CT molecular complexity index is 365. The largest absolute Gasteiger partial charge is 0.398 e. The summed E-state index contributed by atoms with van der Waals surface area (Å²) in [4.78, 5) is 0. The number of hydrogen-bond donors (Lipinski definition) is 2. The minimum atomic E-state index is -0.871. The monoisotopic (exact) mass is 221 g/mol. The van der Waals surface area contributed by atoms with Gasteiger partial charge in [0.25, 0.3) is 0 Å². The van der Waals surface area contributed by atoms with Crippen molar-refractivity contribution in [3.8, 4) is 0 Å². The van der Waals surface area contributed by atoms with E-state index in [1.165, 1.54) is 11.5 Å². The maximum absolute atomic E-state index is 13.2. The van der Waals surface area contributed by atoms with E-state index in [4.69, 9.17) is 17.3 Å². The highest BCUT2D eigenvalue weighted by Crippen LogP contribution is 2.24. The molecule has 13 heavy (non-hydrogen) atoms. The number of rotatable bonds is 1. The fraction of sp³-hybridized carbons (Fsp3) is 0. The Labute approximate surface area is 84.6 Å². The molecule has 0 atom stereocenters. The summed E-state index contributed by atoms with van der Waals surface area (Å²) >= 11 is 9.07. The van der Waals surface area contributed by atoms with E-state index >= 15 is 0 Å². The molecular weight excluding hydrogens is 216 g/mol. The lowest BCUT2D eigenvalue weighted by molar-refractivity contribution is 0.581. The average molecular weight is 222 g/mol. The predicted octanol–water partition coefficient (Wildman–Crippen LogP) is 2.81. The van der Waals surface area contributed by atoms with Gasteiger partial charge in [0.05, 0.1) is 0 Å². The summed E-state index contributed by atoms with van der Waals surface area (Å²) < 4.78 is 25.8. The fourth-order valence-corrected chi connectivity index (χ4v) is 1.12. The molecule has 1 aromatic rings. The second-order valence-corrected chi connectivity index (χ2v) is 2.94. The highest BCUT2D eigenvalue weighted by Gasteiger charge is 2.12. The number of benzene rings is 1. The summed E-state index contributed by atoms with van der Waals surface area (Å²) in [6, 6.07) is 2.25. The zero-order chi connectivity index (χ0) is 10.0. The van der Waals surface area contributed by atoms with Crippen molar-refractivity contribution in [2.75, 3.05) is 0 Å². The molecule has 0 heterocycles. The van der Waals surface area contributed by atoms with E-state index < -0.39 is 16.7 Å². The van der Waals surface area contributed by atoms with Crippen molar-refractivity contribution in [3.63, 3.8) is 0 Å². The first-order valence-corrected chi connectivity index (χ1v) is 4.21. The van der Waals surface area contributed by atoms with Gasteiger partial charge < -0.3 is 5.73 Å². The summed E-state index contributed by atoms with van der Waals surface area (Å²) in [5.41, 5.74) is 5.52. The van der Waals surface area contributed by atoms with E-state index in [2.05, 4.69) is 12.6 Å². The average Bonchev–Trinajstić information content (AvgIpc) is 2.13. The lowest BCUT2D eigenvalue weighted by Crippen LogP contribution is -2.00. The van der Waals surface area contributed by atoms with Gasteiger partial charge >= 0.3 is 0 Å². The Hall–Kier alpha value is -0.740. The maximum Gasteiger partial charge on any atom is 0.154 e. The standard InChI is InChI=1S/C8H6ClF2NS/c9-7-5(10)2-1-4(8(7)11)6(12)3-13/h1-3,13H,12H2/b6-3-. The first-order chi connectivity index (χ1) is 6.07. The van der Waals surface area contributed by atoms with Gasteiger partial charge in [-0.2, -0.15) is 0 Å². The van der Waals surface area contributed by atoms with Crippen LogP contribution in [0.5, 0.6) is 0 Å². The number of nitrogens with two attached hydrogens (primary N) is 1. The highest BCUT2D eigenvalue weighted by atomic mass is 35.5. The molecule has 0 aliphatic rings. The lowest BCUT2D eigenvalue weighted by Gasteiger charge is -2.04. The molecule has 5 heteroatoms. The molecule has 0 saturated heterocycles. The van der Waals surface area contributed by atoms with Gasteiger partial charge in [-0.05, 0) is 17.5 Å². The molecule has 0 fully saturated rings. The molecule has 0 bridgehead atoms. The van der Waals surface area contributed by atoms with Crippen LogP contribution >= 0.6 is 24.2 Å². The van der Waals surface area contributed by atoms with Gasteiger partial charge in [0.1, 0.15) is 10.8 Å². The van der Waals surface area contributed by atoms with Crippen LogP contribution in [-0.4, -0.2) is 0 Å². The van der Waals surface area contributed by atoms with Gasteiger partial charge in [-0.1, -0.05) is 11.6 Å². The van der Waals surface area contributed by atoms with Crippen molar-refractivity contribution >= 4 is 29.9 Å². The van der Waals surface area contributed by atoms with Crippen LogP contribution in [0, 0.1) is 11.6 Å². The lowest BCUT2D eigenvalue weighted by atomic mass is 10.1. The molecule has 0 unspecified atom stereocenters. The van der Waals surface area contributed by atoms with E-state index in [1.54, 1.807) is 0 Å². The van der Waals surface area contributed by atoms with E-state index in [0.29, 0.717) is 0 Å². The van der Waals surface area contributed by atoms with Gasteiger partial charge in [-0.3, -0.25) is 0 Å². The molecule has 0 amide bonds. The van der Waals surface area contributed by atoms with E-state index in [1.807, 2.05) is 0 Å². The Morgan fingerprint density at radius 2 is 2.08 bits per heavy atom. The molecule has 70 valence electrons. The Morgan fingerprint density at radius 1 is 1.46 bits per heavy atom. The van der Waals surface area contributed by atoms with Crippen molar-refractivity contribution in [2.24, 2.45) is 5.73 Å². The normalized spacial score (nSPS) is 11.8. The van der Waals surface area contributed by atoms with Crippen LogP contribution in [0.1, 0.15) is 5.56 Å². The molecule has 1 nitrogen and oxygen atoms in total. The van der Waals surface area contributed by atoms with Crippen molar-refractivity contribution in [1.29, 1.82) is 0 Å². The summed E-state index contributed by atoms with van der Waals surface area (Å²) in [5, 5.41) is 0.655. The van der Waals surface area contributed by atoms with Gasteiger partial charge in [0.2, 0.25) is 0 Å². The predicted molar refractivity (Wildman–Crippen MR) is 52.5 cm³/mol. The summed E-state index contributed by atoms with van der Waals surface area (Å²) in [7, 11) is 0. The molecule has 0 aliphatic carbocycles. The van der Waals surface area contributed by atoms with Crippen LogP contribution in [0.2, 0.25) is 5.02 Å². The third kappa shape index (κ3) is 1.95. The Morgan fingerprint density at radius 3 is 2.62 bits per heavy atom.